The molecule has 1 aliphatic rings. The lowest BCUT2D eigenvalue weighted by atomic mass is 10.1. The number of rotatable bonds is 3. The number of carbonyl (C=O) groups excluding carboxylic acids is 1. The second-order valence-electron chi connectivity index (χ2n) is 5.06. The number of hydrogen-bond acceptors (Lipinski definition) is 5. The molecule has 1 saturated heterocycles. The normalized spacial score (nSPS) is 15.4. The third-order valence-corrected chi connectivity index (χ3v) is 3.63. The van der Waals surface area contributed by atoms with Crippen molar-refractivity contribution in [2.75, 3.05) is 31.1 Å². The summed E-state index contributed by atoms with van der Waals surface area (Å²) < 4.78 is 5.10. The van der Waals surface area contributed by atoms with E-state index in [4.69, 9.17) is 10.5 Å². The van der Waals surface area contributed by atoms with Gasteiger partial charge in [0.1, 0.15) is 5.52 Å². The molecule has 7 heteroatoms. The summed E-state index contributed by atoms with van der Waals surface area (Å²) in [6.07, 6.45) is 0.0174. The van der Waals surface area contributed by atoms with E-state index in [0.29, 0.717) is 11.3 Å². The first-order valence-corrected chi connectivity index (χ1v) is 7.13. The number of fused-ring (bicyclic) bond motifs is 1. The highest BCUT2D eigenvalue weighted by molar-refractivity contribution is 5.87. The van der Waals surface area contributed by atoms with Crippen molar-refractivity contribution < 1.29 is 9.53 Å². The van der Waals surface area contributed by atoms with Gasteiger partial charge >= 0.3 is 6.09 Å². The van der Waals surface area contributed by atoms with E-state index in [1.54, 1.807) is 0 Å². The Morgan fingerprint density at radius 3 is 2.86 bits per heavy atom. The Hall–Kier alpha value is -2.28. The predicted octanol–water partition coefficient (Wildman–Crippen LogP) is 0.992. The number of benzene rings is 1. The van der Waals surface area contributed by atoms with E-state index in [0.717, 1.165) is 49.6 Å². The number of anilines is 1. The minimum atomic E-state index is -0.823. The van der Waals surface area contributed by atoms with Gasteiger partial charge < -0.3 is 25.7 Å². The van der Waals surface area contributed by atoms with E-state index >= 15 is 0 Å². The summed E-state index contributed by atoms with van der Waals surface area (Å²) in [7, 11) is 0. The molecule has 7 nitrogen and oxygen atoms in total. The van der Waals surface area contributed by atoms with E-state index in [1.165, 1.54) is 0 Å². The first kappa shape index (κ1) is 13.7. The molecule has 4 N–H and O–H groups in total. The van der Waals surface area contributed by atoms with Gasteiger partial charge in [-0.25, -0.2) is 9.78 Å². The van der Waals surface area contributed by atoms with Crippen LogP contribution in [-0.2, 0) is 6.42 Å². The Balaban J connectivity index is 2.03. The van der Waals surface area contributed by atoms with Crippen LogP contribution in [0.25, 0.3) is 11.0 Å². The fraction of sp³-hybridized carbons (Fsp3) is 0.429. The summed E-state index contributed by atoms with van der Waals surface area (Å²) in [5.74, 6) is 1.21. The molecule has 0 spiro atoms. The molecule has 3 rings (SSSR count). The number of hydrogen-bond donors (Lipinski definition) is 3. The minimum absolute atomic E-state index is 0.412. The van der Waals surface area contributed by atoms with Crippen LogP contribution < -0.4 is 20.7 Å². The van der Waals surface area contributed by atoms with Crippen molar-refractivity contribution >= 4 is 23.1 Å². The summed E-state index contributed by atoms with van der Waals surface area (Å²) in [6.45, 7) is 5.70. The van der Waals surface area contributed by atoms with Gasteiger partial charge in [0.2, 0.25) is 5.95 Å². The molecule has 0 radical (unpaired) electrons. The molecule has 2 aromatic rings. The standard InChI is InChI=1S/C14H19N5O2/c1-2-9-7-10-12(11(8-9)21-13(15)20)18-14(17-10)19-5-3-16-4-6-19/h7-8,16H,2-6H2,1H3,(H2,15,20)(H,17,18). The Labute approximate surface area is 122 Å². The molecule has 1 aliphatic heterocycles. The van der Waals surface area contributed by atoms with Gasteiger partial charge in [-0.05, 0) is 24.1 Å². The quantitative estimate of drug-likeness (QED) is 0.783. The van der Waals surface area contributed by atoms with E-state index in [-0.39, 0.29) is 0 Å². The van der Waals surface area contributed by atoms with Gasteiger partial charge in [-0.1, -0.05) is 6.92 Å². The molecule has 1 amide bonds. The van der Waals surface area contributed by atoms with Crippen molar-refractivity contribution in [3.05, 3.63) is 17.7 Å². The summed E-state index contributed by atoms with van der Waals surface area (Å²) in [6, 6.07) is 3.84. The van der Waals surface area contributed by atoms with Gasteiger partial charge in [0.25, 0.3) is 0 Å². The number of primary amides is 1. The molecule has 1 aromatic heterocycles. The highest BCUT2D eigenvalue weighted by Gasteiger charge is 2.17. The lowest BCUT2D eigenvalue weighted by Crippen LogP contribution is -2.44. The number of imidazole rings is 1. The van der Waals surface area contributed by atoms with Gasteiger partial charge in [-0.15, -0.1) is 0 Å². The average Bonchev–Trinajstić information content (AvgIpc) is 2.91. The van der Waals surface area contributed by atoms with Crippen LogP contribution in [-0.4, -0.2) is 42.2 Å². The van der Waals surface area contributed by atoms with Gasteiger partial charge in [0, 0.05) is 26.2 Å². The number of H-pyrrole nitrogens is 1. The second-order valence-corrected chi connectivity index (χ2v) is 5.06. The molecule has 1 aromatic carbocycles. The van der Waals surface area contributed by atoms with Gasteiger partial charge in [-0.2, -0.15) is 0 Å². The number of aromatic nitrogens is 2. The zero-order valence-corrected chi connectivity index (χ0v) is 12.0. The van der Waals surface area contributed by atoms with Crippen LogP contribution in [0.4, 0.5) is 10.7 Å². The third-order valence-electron chi connectivity index (χ3n) is 3.63. The van der Waals surface area contributed by atoms with Crippen LogP contribution in [0.15, 0.2) is 12.1 Å². The van der Waals surface area contributed by atoms with Gasteiger partial charge in [0.15, 0.2) is 5.75 Å². The number of nitrogens with zero attached hydrogens (tertiary/aromatic N) is 2. The molecular weight excluding hydrogens is 270 g/mol. The maximum absolute atomic E-state index is 11.1. The van der Waals surface area contributed by atoms with Crippen LogP contribution in [0.5, 0.6) is 5.75 Å². The third kappa shape index (κ3) is 2.78. The van der Waals surface area contributed by atoms with E-state index in [2.05, 4.69) is 20.2 Å². The lowest BCUT2D eigenvalue weighted by Gasteiger charge is -2.26. The van der Waals surface area contributed by atoms with Crippen molar-refractivity contribution in [2.24, 2.45) is 5.73 Å². The molecule has 112 valence electrons. The van der Waals surface area contributed by atoms with Crippen molar-refractivity contribution in [2.45, 2.75) is 13.3 Å². The number of aryl methyl sites for hydroxylation is 1. The zero-order chi connectivity index (χ0) is 14.8. The Morgan fingerprint density at radius 1 is 1.43 bits per heavy atom. The Kier molecular flexibility index (Phi) is 3.66. The smallest absolute Gasteiger partial charge is 0.408 e. The van der Waals surface area contributed by atoms with Crippen molar-refractivity contribution in [1.82, 2.24) is 15.3 Å². The number of nitrogens with one attached hydrogen (secondary N) is 2. The number of carbonyl (C=O) groups is 1. The Bertz CT molecular complexity index is 661. The zero-order valence-electron chi connectivity index (χ0n) is 12.0. The maximum atomic E-state index is 11.1. The molecule has 0 aliphatic carbocycles. The van der Waals surface area contributed by atoms with Crippen molar-refractivity contribution in [1.29, 1.82) is 0 Å². The molecule has 0 bridgehead atoms. The highest BCUT2D eigenvalue weighted by Crippen LogP contribution is 2.28. The molecule has 0 unspecified atom stereocenters. The molecule has 21 heavy (non-hydrogen) atoms. The summed E-state index contributed by atoms with van der Waals surface area (Å²) in [4.78, 5) is 21.1. The van der Waals surface area contributed by atoms with Crippen LogP contribution in [0.3, 0.4) is 0 Å². The van der Waals surface area contributed by atoms with Crippen molar-refractivity contribution in [3.8, 4) is 5.75 Å². The molecule has 1 fully saturated rings. The first-order chi connectivity index (χ1) is 10.2. The largest absolute Gasteiger partial charge is 0.410 e. The van der Waals surface area contributed by atoms with E-state index in [1.807, 2.05) is 19.1 Å². The number of nitrogens with two attached hydrogens (primary N) is 1. The first-order valence-electron chi connectivity index (χ1n) is 7.13. The number of amides is 1. The van der Waals surface area contributed by atoms with Crippen LogP contribution in [0.1, 0.15) is 12.5 Å². The topological polar surface area (TPSA) is 96.3 Å². The number of ether oxygens (including phenoxy) is 1. The average molecular weight is 289 g/mol. The van der Waals surface area contributed by atoms with Crippen LogP contribution >= 0.6 is 0 Å². The minimum Gasteiger partial charge on any atom is -0.408 e. The molecule has 2 heterocycles. The fourth-order valence-electron chi connectivity index (χ4n) is 2.55. The molecule has 0 saturated carbocycles. The summed E-state index contributed by atoms with van der Waals surface area (Å²) >= 11 is 0. The molecule has 0 atom stereocenters. The van der Waals surface area contributed by atoms with Crippen LogP contribution in [0.2, 0.25) is 0 Å². The molecular formula is C14H19N5O2. The SMILES string of the molecule is CCc1cc(OC(N)=O)c2nc(N3CCNCC3)[nH]c2c1. The van der Waals surface area contributed by atoms with Crippen molar-refractivity contribution in [3.63, 3.8) is 0 Å². The highest BCUT2D eigenvalue weighted by atomic mass is 16.5. The van der Waals surface area contributed by atoms with Gasteiger partial charge in [0.05, 0.1) is 5.52 Å². The number of aromatic amines is 1. The van der Waals surface area contributed by atoms with E-state index < -0.39 is 6.09 Å². The number of piperazine rings is 1. The summed E-state index contributed by atoms with van der Waals surface area (Å²) in [5.41, 5.74) is 7.70. The van der Waals surface area contributed by atoms with Crippen LogP contribution in [0, 0.1) is 0 Å². The fourth-order valence-corrected chi connectivity index (χ4v) is 2.55. The maximum Gasteiger partial charge on any atom is 0.410 e. The lowest BCUT2D eigenvalue weighted by molar-refractivity contribution is 0.211. The predicted molar refractivity (Wildman–Crippen MR) is 80.8 cm³/mol. The van der Waals surface area contributed by atoms with E-state index in [9.17, 15) is 4.79 Å². The monoisotopic (exact) mass is 289 g/mol. The summed E-state index contributed by atoms with van der Waals surface area (Å²) in [5, 5.41) is 3.30. The Morgan fingerprint density at radius 2 is 2.19 bits per heavy atom. The second kappa shape index (κ2) is 5.61. The van der Waals surface area contributed by atoms with Gasteiger partial charge in [-0.3, -0.25) is 0 Å².